The minimum atomic E-state index is 0.0867. The van der Waals surface area contributed by atoms with Crippen molar-refractivity contribution in [1.82, 2.24) is 4.98 Å². The average molecular weight is 189 g/mol. The molecule has 0 aliphatic rings. The Morgan fingerprint density at radius 1 is 1.36 bits per heavy atom. The van der Waals surface area contributed by atoms with Crippen molar-refractivity contribution in [2.45, 2.75) is 19.4 Å². The topological polar surface area (TPSA) is 67.8 Å². The molecule has 74 valence electrons. The fourth-order valence-corrected chi connectivity index (χ4v) is 1.59. The molecule has 1 aromatic heterocycles. The van der Waals surface area contributed by atoms with E-state index >= 15 is 0 Å². The van der Waals surface area contributed by atoms with Gasteiger partial charge in [-0.15, -0.1) is 0 Å². The fourth-order valence-electron chi connectivity index (χ4n) is 1.59. The number of rotatable bonds is 2. The van der Waals surface area contributed by atoms with Crippen LogP contribution in [0.2, 0.25) is 0 Å². The van der Waals surface area contributed by atoms with Crippen LogP contribution in [-0.2, 0) is 0 Å². The normalized spacial score (nSPS) is 13.3. The fraction of sp³-hybridized carbons (Fsp3) is 0.273. The van der Waals surface area contributed by atoms with Gasteiger partial charge in [0.15, 0.2) is 0 Å². The molecule has 1 aromatic carbocycles. The number of H-pyrrole nitrogens is 1. The lowest BCUT2D eigenvalue weighted by Gasteiger charge is -2.03. The lowest BCUT2D eigenvalue weighted by molar-refractivity contribution is 0.682. The number of nitrogens with one attached hydrogen (secondary N) is 1. The maximum Gasteiger partial charge on any atom is 0.0458 e. The van der Waals surface area contributed by atoms with E-state index < -0.39 is 0 Å². The Bertz CT molecular complexity index is 445. The van der Waals surface area contributed by atoms with Crippen LogP contribution >= 0.6 is 0 Å². The first kappa shape index (κ1) is 9.09. The van der Waals surface area contributed by atoms with Crippen molar-refractivity contribution in [3.63, 3.8) is 0 Å². The smallest absolute Gasteiger partial charge is 0.0458 e. The molecule has 0 fully saturated rings. The Morgan fingerprint density at radius 2 is 2.14 bits per heavy atom. The zero-order valence-corrected chi connectivity index (χ0v) is 8.25. The van der Waals surface area contributed by atoms with Crippen molar-refractivity contribution in [2.24, 2.45) is 5.73 Å². The van der Waals surface area contributed by atoms with Gasteiger partial charge in [0.25, 0.3) is 0 Å². The number of benzene rings is 1. The molecular formula is C11H15N3. The standard InChI is InChI=1S/C11H15N3/c1-2-9(13)11-6-7-5-8(12)3-4-10(7)14-11/h3-6,9,14H,2,12-13H2,1H3/t9-/m0/s1. The van der Waals surface area contributed by atoms with Crippen LogP contribution in [-0.4, -0.2) is 4.98 Å². The summed E-state index contributed by atoms with van der Waals surface area (Å²) in [6.07, 6.45) is 0.933. The third-order valence-corrected chi connectivity index (χ3v) is 2.50. The van der Waals surface area contributed by atoms with Gasteiger partial charge in [0.05, 0.1) is 0 Å². The van der Waals surface area contributed by atoms with E-state index in [0.29, 0.717) is 0 Å². The second-order valence-electron chi connectivity index (χ2n) is 3.59. The van der Waals surface area contributed by atoms with Crippen molar-refractivity contribution >= 4 is 16.6 Å². The highest BCUT2D eigenvalue weighted by molar-refractivity contribution is 5.83. The minimum absolute atomic E-state index is 0.0867. The predicted molar refractivity (Wildman–Crippen MR) is 59.9 cm³/mol. The Morgan fingerprint density at radius 3 is 2.86 bits per heavy atom. The number of aromatic nitrogens is 1. The van der Waals surface area contributed by atoms with Crippen LogP contribution in [0.5, 0.6) is 0 Å². The van der Waals surface area contributed by atoms with E-state index in [-0.39, 0.29) is 6.04 Å². The molecule has 5 N–H and O–H groups in total. The first-order chi connectivity index (χ1) is 6.70. The minimum Gasteiger partial charge on any atom is -0.399 e. The van der Waals surface area contributed by atoms with Crippen molar-refractivity contribution in [3.8, 4) is 0 Å². The molecule has 0 saturated carbocycles. The molecule has 0 aliphatic heterocycles. The van der Waals surface area contributed by atoms with Gasteiger partial charge in [0.1, 0.15) is 0 Å². The van der Waals surface area contributed by atoms with Crippen LogP contribution in [0.1, 0.15) is 25.1 Å². The van der Waals surface area contributed by atoms with Crippen LogP contribution in [0.4, 0.5) is 5.69 Å². The zero-order valence-electron chi connectivity index (χ0n) is 8.25. The van der Waals surface area contributed by atoms with Crippen LogP contribution in [0.25, 0.3) is 10.9 Å². The van der Waals surface area contributed by atoms with Gasteiger partial charge in [0.2, 0.25) is 0 Å². The maximum absolute atomic E-state index is 5.93. The molecule has 0 unspecified atom stereocenters. The average Bonchev–Trinajstić information content (AvgIpc) is 2.59. The Balaban J connectivity index is 2.51. The van der Waals surface area contributed by atoms with E-state index in [2.05, 4.69) is 18.0 Å². The molecule has 0 bridgehead atoms. The van der Waals surface area contributed by atoms with Crippen LogP contribution in [0, 0.1) is 0 Å². The summed E-state index contributed by atoms with van der Waals surface area (Å²) >= 11 is 0. The highest BCUT2D eigenvalue weighted by Gasteiger charge is 2.06. The van der Waals surface area contributed by atoms with Crippen LogP contribution < -0.4 is 11.5 Å². The predicted octanol–water partition coefficient (Wildman–Crippen LogP) is 2.16. The monoisotopic (exact) mass is 189 g/mol. The molecule has 14 heavy (non-hydrogen) atoms. The van der Waals surface area contributed by atoms with E-state index in [1.165, 1.54) is 0 Å². The van der Waals surface area contributed by atoms with E-state index in [1.807, 2.05) is 18.2 Å². The number of aromatic amines is 1. The van der Waals surface area contributed by atoms with E-state index in [1.54, 1.807) is 0 Å². The number of nitrogens with two attached hydrogens (primary N) is 2. The Labute approximate surface area is 83.1 Å². The second-order valence-corrected chi connectivity index (χ2v) is 3.59. The zero-order chi connectivity index (χ0) is 10.1. The summed E-state index contributed by atoms with van der Waals surface area (Å²) in [4.78, 5) is 3.29. The van der Waals surface area contributed by atoms with Gasteiger partial charge in [0, 0.05) is 28.3 Å². The lowest BCUT2D eigenvalue weighted by Crippen LogP contribution is -2.08. The highest BCUT2D eigenvalue weighted by Crippen LogP contribution is 2.22. The lowest BCUT2D eigenvalue weighted by atomic mass is 10.1. The van der Waals surface area contributed by atoms with Gasteiger partial charge in [-0.2, -0.15) is 0 Å². The molecule has 0 spiro atoms. The summed E-state index contributed by atoms with van der Waals surface area (Å²) in [5, 5.41) is 1.13. The van der Waals surface area contributed by atoms with Gasteiger partial charge in [-0.25, -0.2) is 0 Å². The molecule has 0 aliphatic carbocycles. The second kappa shape index (κ2) is 3.35. The number of fused-ring (bicyclic) bond motifs is 1. The van der Waals surface area contributed by atoms with E-state index in [4.69, 9.17) is 11.5 Å². The summed E-state index contributed by atoms with van der Waals surface area (Å²) in [6.45, 7) is 2.07. The van der Waals surface area contributed by atoms with Crippen LogP contribution in [0.3, 0.4) is 0 Å². The van der Waals surface area contributed by atoms with Gasteiger partial charge >= 0.3 is 0 Å². The molecule has 0 radical (unpaired) electrons. The molecule has 3 heteroatoms. The van der Waals surface area contributed by atoms with Crippen LogP contribution in [0.15, 0.2) is 24.3 Å². The first-order valence-corrected chi connectivity index (χ1v) is 4.84. The summed E-state index contributed by atoms with van der Waals surface area (Å²) in [6, 6.07) is 7.98. The number of anilines is 1. The SMILES string of the molecule is CC[C@H](N)c1cc2cc(N)ccc2[nH]1. The Kier molecular flexibility index (Phi) is 2.17. The molecule has 1 heterocycles. The van der Waals surface area contributed by atoms with Gasteiger partial charge in [-0.1, -0.05) is 6.92 Å². The van der Waals surface area contributed by atoms with Crippen molar-refractivity contribution in [2.75, 3.05) is 5.73 Å². The quantitative estimate of drug-likeness (QED) is 0.634. The Hall–Kier alpha value is -1.48. The summed E-state index contributed by atoms with van der Waals surface area (Å²) in [5.41, 5.74) is 14.6. The van der Waals surface area contributed by atoms with Crippen molar-refractivity contribution in [1.29, 1.82) is 0 Å². The highest BCUT2D eigenvalue weighted by atomic mass is 14.8. The third-order valence-electron chi connectivity index (χ3n) is 2.50. The van der Waals surface area contributed by atoms with Gasteiger partial charge < -0.3 is 16.5 Å². The first-order valence-electron chi connectivity index (χ1n) is 4.84. The molecule has 3 nitrogen and oxygen atoms in total. The molecule has 0 amide bonds. The van der Waals surface area contributed by atoms with E-state index in [9.17, 15) is 0 Å². The van der Waals surface area contributed by atoms with Gasteiger partial charge in [-0.3, -0.25) is 0 Å². The molecule has 0 saturated heterocycles. The van der Waals surface area contributed by atoms with E-state index in [0.717, 1.165) is 28.7 Å². The summed E-state index contributed by atoms with van der Waals surface area (Å²) < 4.78 is 0. The molecule has 2 aromatic rings. The molecule has 1 atom stereocenters. The molecule has 2 rings (SSSR count). The number of nitrogen functional groups attached to an aromatic ring is 1. The number of hydrogen-bond donors (Lipinski definition) is 3. The van der Waals surface area contributed by atoms with Gasteiger partial charge in [-0.05, 0) is 30.7 Å². The largest absolute Gasteiger partial charge is 0.399 e. The number of hydrogen-bond acceptors (Lipinski definition) is 2. The summed E-state index contributed by atoms with van der Waals surface area (Å²) in [5.74, 6) is 0. The third kappa shape index (κ3) is 1.46. The summed E-state index contributed by atoms with van der Waals surface area (Å²) in [7, 11) is 0. The van der Waals surface area contributed by atoms with Crippen molar-refractivity contribution < 1.29 is 0 Å². The maximum atomic E-state index is 5.93. The van der Waals surface area contributed by atoms with Crippen molar-refractivity contribution in [3.05, 3.63) is 30.0 Å². The molecular weight excluding hydrogens is 174 g/mol.